The molecule has 0 spiro atoms. The molecule has 5 rings (SSSR count). The molecule has 0 aromatic carbocycles. The van der Waals surface area contributed by atoms with E-state index in [1.807, 2.05) is 20.8 Å². The molecule has 44 heavy (non-hydrogen) atoms. The molecule has 8 atom stereocenters. The van der Waals surface area contributed by atoms with E-state index < -0.39 is 91.9 Å². The molecule has 1 heterocycles. The van der Waals surface area contributed by atoms with E-state index in [1.54, 1.807) is 0 Å². The molecule has 0 bridgehead atoms. The van der Waals surface area contributed by atoms with Crippen LogP contribution in [0.4, 0.5) is 39.5 Å². The first-order chi connectivity index (χ1) is 20.8. The predicted octanol–water partition coefficient (Wildman–Crippen LogP) is 9.82. The van der Waals surface area contributed by atoms with Crippen molar-refractivity contribution in [1.82, 2.24) is 0 Å². The zero-order chi connectivity index (χ0) is 32.3. The maximum Gasteiger partial charge on any atom is 0.364 e. The molecule has 8 unspecified atom stereocenters. The Labute approximate surface area is 256 Å². The maximum atomic E-state index is 15.3. The Morgan fingerprint density at radius 2 is 1.07 bits per heavy atom. The number of halogens is 9. The summed E-state index contributed by atoms with van der Waals surface area (Å²) in [4.78, 5) is 0. The van der Waals surface area contributed by atoms with E-state index in [4.69, 9.17) is 9.47 Å². The number of rotatable bonds is 6. The van der Waals surface area contributed by atoms with Crippen molar-refractivity contribution in [3.63, 3.8) is 0 Å². The van der Waals surface area contributed by atoms with Gasteiger partial charge in [-0.25, -0.2) is 30.7 Å². The van der Waals surface area contributed by atoms with Gasteiger partial charge in [0.05, 0.1) is 12.2 Å². The Morgan fingerprint density at radius 1 is 0.568 bits per heavy atom. The molecule has 0 aromatic rings. The lowest BCUT2D eigenvalue weighted by atomic mass is 9.65. The van der Waals surface area contributed by atoms with E-state index in [1.165, 1.54) is 0 Å². The van der Waals surface area contributed by atoms with Crippen LogP contribution in [0.3, 0.4) is 0 Å². The van der Waals surface area contributed by atoms with Crippen molar-refractivity contribution in [2.24, 2.45) is 41.4 Å². The van der Waals surface area contributed by atoms with E-state index in [0.29, 0.717) is 31.8 Å². The van der Waals surface area contributed by atoms with Gasteiger partial charge in [0.2, 0.25) is 0 Å². The lowest BCUT2D eigenvalue weighted by molar-refractivity contribution is -0.320. The van der Waals surface area contributed by atoms with Crippen LogP contribution in [0, 0.1) is 41.4 Å². The van der Waals surface area contributed by atoms with E-state index >= 15 is 26.3 Å². The first-order valence-corrected chi connectivity index (χ1v) is 17.0. The van der Waals surface area contributed by atoms with Crippen LogP contribution in [0.2, 0.25) is 0 Å². The first-order valence-electron chi connectivity index (χ1n) is 17.0. The van der Waals surface area contributed by atoms with Gasteiger partial charge in [0.1, 0.15) is 42.9 Å². The Kier molecular flexibility index (Phi) is 12.7. The third-order valence-electron chi connectivity index (χ3n) is 11.2. The molecule has 5 fully saturated rings. The highest BCUT2D eigenvalue weighted by Gasteiger charge is 2.58. The molecule has 0 radical (unpaired) electrons. The highest BCUT2D eigenvalue weighted by Crippen LogP contribution is 2.51. The van der Waals surface area contributed by atoms with Gasteiger partial charge >= 0.3 is 6.11 Å². The van der Waals surface area contributed by atoms with Crippen LogP contribution in [0.15, 0.2) is 0 Å². The summed E-state index contributed by atoms with van der Waals surface area (Å²) < 4.78 is 144. The van der Waals surface area contributed by atoms with Gasteiger partial charge in [-0.15, -0.1) is 0 Å². The topological polar surface area (TPSA) is 18.5 Å². The summed E-state index contributed by atoms with van der Waals surface area (Å²) in [5, 5.41) is 0. The molecule has 4 saturated carbocycles. The predicted molar refractivity (Wildman–Crippen MR) is 151 cm³/mol. The van der Waals surface area contributed by atoms with E-state index in [2.05, 4.69) is 0 Å². The zero-order valence-corrected chi connectivity index (χ0v) is 26.1. The van der Waals surface area contributed by atoms with Gasteiger partial charge in [-0.2, -0.15) is 8.78 Å². The van der Waals surface area contributed by atoms with Crippen LogP contribution in [0.5, 0.6) is 0 Å². The number of hydrogen-bond donors (Lipinski definition) is 0. The highest BCUT2D eigenvalue weighted by molar-refractivity contribution is 5.00. The molecule has 2 nitrogen and oxygen atoms in total. The summed E-state index contributed by atoms with van der Waals surface area (Å²) in [7, 11) is 0. The minimum absolute atomic E-state index is 0.0348. The van der Waals surface area contributed by atoms with Crippen molar-refractivity contribution >= 4 is 0 Å². The molecule has 0 aromatic heterocycles. The minimum Gasteiger partial charge on any atom is -0.378 e. The van der Waals surface area contributed by atoms with Crippen LogP contribution >= 0.6 is 0 Å². The summed E-state index contributed by atoms with van der Waals surface area (Å²) in [6.45, 7) is 6.58. The Morgan fingerprint density at radius 3 is 1.57 bits per heavy atom. The van der Waals surface area contributed by atoms with Crippen LogP contribution in [-0.2, 0) is 9.47 Å². The van der Waals surface area contributed by atoms with Gasteiger partial charge in [-0.05, 0) is 107 Å². The lowest BCUT2D eigenvalue weighted by Gasteiger charge is -2.46. The van der Waals surface area contributed by atoms with Gasteiger partial charge in [0.15, 0.2) is 6.17 Å². The maximum absolute atomic E-state index is 15.3. The van der Waals surface area contributed by atoms with Crippen molar-refractivity contribution in [3.05, 3.63) is 0 Å². The van der Waals surface area contributed by atoms with Gasteiger partial charge in [-0.3, -0.25) is 0 Å². The standard InChI is InChI=1S/C31H45F9O2.C2H6/c1-15-2-7-27(41-14-15)18-10-21(32)28(22(33)11-18)19-12-23(34)29(24(35)13-19)31(39,40)42-20-5-3-16(4-6-20)17-8-25(36)30(38)26(37)9-17;1-2/h15-30H,2-14H2,1H3;1-2H3. The quantitative estimate of drug-likeness (QED) is 0.267. The van der Waals surface area contributed by atoms with Crippen LogP contribution < -0.4 is 0 Å². The number of hydrogen-bond acceptors (Lipinski definition) is 2. The van der Waals surface area contributed by atoms with Crippen molar-refractivity contribution in [2.75, 3.05) is 6.61 Å². The molecule has 1 aliphatic heterocycles. The third-order valence-corrected chi connectivity index (χ3v) is 11.2. The average Bonchev–Trinajstić information content (AvgIpc) is 2.96. The first kappa shape index (κ1) is 36.1. The van der Waals surface area contributed by atoms with E-state index in [0.717, 1.165) is 6.42 Å². The SMILES string of the molecule is CC.CC1CCC(C2CC(F)C(C3CC(F)C(C(F)(F)OC4CCC(C5CC(F)C(F)C(F)C5)CC4)C(F)C3)C(F)C2)OC1. The van der Waals surface area contributed by atoms with Gasteiger partial charge in [0, 0.05) is 12.5 Å². The molecule has 0 N–H and O–H groups in total. The second-order valence-electron chi connectivity index (χ2n) is 14.1. The van der Waals surface area contributed by atoms with E-state index in [-0.39, 0.29) is 56.5 Å². The minimum atomic E-state index is -4.13. The normalized spacial score (nSPS) is 49.1. The number of alkyl halides is 9. The molecule has 4 aliphatic carbocycles. The van der Waals surface area contributed by atoms with Crippen molar-refractivity contribution in [3.8, 4) is 0 Å². The van der Waals surface area contributed by atoms with Crippen molar-refractivity contribution in [1.29, 1.82) is 0 Å². The monoisotopic (exact) mass is 650 g/mol. The Bertz CT molecular complexity index is 830. The van der Waals surface area contributed by atoms with Gasteiger partial charge in [0.25, 0.3) is 0 Å². The fourth-order valence-electron chi connectivity index (χ4n) is 8.84. The summed E-state index contributed by atoms with van der Waals surface area (Å²) >= 11 is 0. The second kappa shape index (κ2) is 15.5. The summed E-state index contributed by atoms with van der Waals surface area (Å²) in [6.07, 6.45) is -17.9. The van der Waals surface area contributed by atoms with Crippen molar-refractivity contribution in [2.45, 2.75) is 159 Å². The average molecular weight is 651 g/mol. The molecular weight excluding hydrogens is 599 g/mol. The van der Waals surface area contributed by atoms with Crippen LogP contribution in [-0.4, -0.2) is 68.1 Å². The second-order valence-corrected chi connectivity index (χ2v) is 14.1. The van der Waals surface area contributed by atoms with Gasteiger partial charge < -0.3 is 9.47 Å². The third kappa shape index (κ3) is 8.22. The number of ether oxygens (including phenoxy) is 2. The van der Waals surface area contributed by atoms with Crippen molar-refractivity contribution < 1.29 is 49.0 Å². The molecule has 258 valence electrons. The van der Waals surface area contributed by atoms with Gasteiger partial charge in [-0.1, -0.05) is 20.8 Å². The molecule has 1 saturated heterocycles. The Hall–Kier alpha value is -0.710. The smallest absolute Gasteiger partial charge is 0.364 e. The molecule has 0 amide bonds. The largest absolute Gasteiger partial charge is 0.378 e. The fraction of sp³-hybridized carbons (Fsp3) is 1.00. The zero-order valence-electron chi connectivity index (χ0n) is 26.1. The summed E-state index contributed by atoms with van der Waals surface area (Å²) in [5.74, 6) is -5.14. The molecule has 5 aliphatic rings. The summed E-state index contributed by atoms with van der Waals surface area (Å²) in [5.41, 5.74) is 0. The fourth-order valence-corrected chi connectivity index (χ4v) is 8.84. The van der Waals surface area contributed by atoms with E-state index in [9.17, 15) is 13.2 Å². The van der Waals surface area contributed by atoms with Crippen LogP contribution in [0.1, 0.15) is 97.8 Å². The molecular formula is C33H51F9O2. The Balaban J connectivity index is 0.00000216. The lowest BCUT2D eigenvalue weighted by Crippen LogP contribution is -2.53. The molecule has 11 heteroatoms. The highest BCUT2D eigenvalue weighted by atomic mass is 19.3. The van der Waals surface area contributed by atoms with Crippen LogP contribution in [0.25, 0.3) is 0 Å². The summed E-state index contributed by atoms with van der Waals surface area (Å²) in [6, 6.07) is 0.